The Morgan fingerprint density at radius 2 is 1.96 bits per heavy atom. The van der Waals surface area contributed by atoms with Gasteiger partial charge in [-0.1, -0.05) is 32.6 Å². The zero-order chi connectivity index (χ0) is 16.9. The molecule has 0 amide bonds. The number of hydrogen-bond donors (Lipinski definition) is 0. The van der Waals surface area contributed by atoms with Crippen LogP contribution in [0.25, 0.3) is 10.9 Å². The first kappa shape index (κ1) is 17.2. The van der Waals surface area contributed by atoms with Gasteiger partial charge in [0.05, 0.1) is 16.3 Å². The third-order valence-corrected chi connectivity index (χ3v) is 6.42. The van der Waals surface area contributed by atoms with E-state index in [1.54, 1.807) is 6.07 Å². The van der Waals surface area contributed by atoms with Gasteiger partial charge in [-0.2, -0.15) is 0 Å². The number of hydrogen-bond acceptors (Lipinski definition) is 3. The summed E-state index contributed by atoms with van der Waals surface area (Å²) in [6.45, 7) is 2.60. The number of unbranched alkanes of at least 4 members (excludes halogenated alkanes) is 1. The van der Waals surface area contributed by atoms with Gasteiger partial charge in [-0.3, -0.25) is 9.00 Å². The predicted molar refractivity (Wildman–Crippen MR) is 97.8 cm³/mol. The molecule has 1 aliphatic carbocycles. The third-order valence-electron chi connectivity index (χ3n) is 4.63. The van der Waals surface area contributed by atoms with E-state index in [1.807, 2.05) is 18.2 Å². The van der Waals surface area contributed by atoms with E-state index in [-0.39, 0.29) is 10.8 Å². The van der Waals surface area contributed by atoms with Crippen LogP contribution in [0.1, 0.15) is 51.9 Å². The molecule has 1 fully saturated rings. The molecule has 0 aliphatic heterocycles. The highest BCUT2D eigenvalue weighted by Crippen LogP contribution is 2.27. The summed E-state index contributed by atoms with van der Waals surface area (Å²) in [7, 11) is -0.973. The molecule has 1 unspecified atom stereocenters. The second kappa shape index (κ2) is 7.97. The van der Waals surface area contributed by atoms with Crippen molar-refractivity contribution in [3.8, 4) is 0 Å². The molecule has 3 rings (SSSR count). The minimum atomic E-state index is -0.973. The molecule has 1 aromatic carbocycles. The quantitative estimate of drug-likeness (QED) is 0.749. The highest BCUT2D eigenvalue weighted by Gasteiger charge is 2.21. The molecule has 0 radical (unpaired) electrons. The van der Waals surface area contributed by atoms with E-state index in [0.717, 1.165) is 41.5 Å². The Morgan fingerprint density at radius 3 is 2.71 bits per heavy atom. The third kappa shape index (κ3) is 3.72. The summed E-state index contributed by atoms with van der Waals surface area (Å²) >= 11 is 0. The monoisotopic (exact) mass is 347 g/mol. The van der Waals surface area contributed by atoms with Crippen LogP contribution in [0, 0.1) is 0 Å². The van der Waals surface area contributed by atoms with Gasteiger partial charge in [0, 0.05) is 21.6 Å². The van der Waals surface area contributed by atoms with E-state index in [0.29, 0.717) is 6.61 Å². The zero-order valence-electron chi connectivity index (χ0n) is 14.2. The lowest BCUT2D eigenvalue weighted by Gasteiger charge is -2.21. The van der Waals surface area contributed by atoms with Crippen molar-refractivity contribution >= 4 is 21.7 Å². The van der Waals surface area contributed by atoms with Crippen molar-refractivity contribution in [3.05, 3.63) is 40.7 Å². The molecule has 1 aliphatic rings. The second-order valence-corrected chi connectivity index (χ2v) is 8.16. The van der Waals surface area contributed by atoms with Crippen LogP contribution in [0.4, 0.5) is 0 Å². The molecule has 4 nitrogen and oxygen atoms in total. The molecular formula is C19H25NO3S. The average Bonchev–Trinajstić information content (AvgIpc) is 2.63. The maximum atomic E-state index is 12.8. The van der Waals surface area contributed by atoms with Gasteiger partial charge in [-0.25, -0.2) is 0 Å². The van der Waals surface area contributed by atoms with Gasteiger partial charge in [0.15, 0.2) is 0 Å². The Balaban J connectivity index is 1.89. The Kier molecular flexibility index (Phi) is 5.72. The fourth-order valence-corrected chi connectivity index (χ4v) is 4.82. The highest BCUT2D eigenvalue weighted by molar-refractivity contribution is 7.85. The van der Waals surface area contributed by atoms with Gasteiger partial charge in [-0.15, -0.1) is 4.73 Å². The Hall–Kier alpha value is -1.62. The molecule has 0 saturated heterocycles. The molecule has 130 valence electrons. The lowest BCUT2D eigenvalue weighted by molar-refractivity contribution is 0.109. The van der Waals surface area contributed by atoms with Crippen molar-refractivity contribution in [2.75, 3.05) is 6.61 Å². The number of pyridine rings is 1. The van der Waals surface area contributed by atoms with Crippen molar-refractivity contribution in [1.82, 2.24) is 4.73 Å². The molecule has 1 aromatic heterocycles. The normalized spacial score (nSPS) is 17.0. The number of fused-ring (bicyclic) bond motifs is 1. The Bertz CT molecular complexity index is 778. The summed E-state index contributed by atoms with van der Waals surface area (Å²) in [5, 5.41) is 1.16. The first-order valence-electron chi connectivity index (χ1n) is 8.90. The van der Waals surface area contributed by atoms with E-state index in [4.69, 9.17) is 4.84 Å². The lowest BCUT2D eigenvalue weighted by atomic mass is 10.0. The second-order valence-electron chi connectivity index (χ2n) is 6.43. The van der Waals surface area contributed by atoms with E-state index >= 15 is 0 Å². The Morgan fingerprint density at radius 1 is 1.17 bits per heavy atom. The van der Waals surface area contributed by atoms with Crippen LogP contribution in [-0.4, -0.2) is 20.8 Å². The predicted octanol–water partition coefficient (Wildman–Crippen LogP) is 3.67. The zero-order valence-corrected chi connectivity index (χ0v) is 15.0. The van der Waals surface area contributed by atoms with Crippen LogP contribution in [0.2, 0.25) is 0 Å². The van der Waals surface area contributed by atoms with Crippen LogP contribution in [0.3, 0.4) is 0 Å². The minimum absolute atomic E-state index is 0.167. The van der Waals surface area contributed by atoms with Gasteiger partial charge < -0.3 is 4.84 Å². The fraction of sp³-hybridized carbons (Fsp3) is 0.526. The van der Waals surface area contributed by atoms with Gasteiger partial charge in [-0.05, 0) is 43.5 Å². The topological polar surface area (TPSA) is 48.3 Å². The molecule has 1 saturated carbocycles. The Labute approximate surface area is 145 Å². The maximum Gasteiger partial charge on any atom is 0.283 e. The fourth-order valence-electron chi connectivity index (χ4n) is 3.23. The summed E-state index contributed by atoms with van der Waals surface area (Å²) in [5.74, 6) is 0. The van der Waals surface area contributed by atoms with Crippen molar-refractivity contribution in [2.45, 2.75) is 62.0 Å². The molecule has 1 atom stereocenters. The summed E-state index contributed by atoms with van der Waals surface area (Å²) in [4.78, 5) is 18.6. The first-order valence-corrected chi connectivity index (χ1v) is 10.1. The van der Waals surface area contributed by atoms with Gasteiger partial charge >= 0.3 is 0 Å². The van der Waals surface area contributed by atoms with Crippen molar-refractivity contribution < 1.29 is 9.05 Å². The lowest BCUT2D eigenvalue weighted by Crippen LogP contribution is -2.27. The average molecular weight is 347 g/mol. The van der Waals surface area contributed by atoms with Crippen LogP contribution >= 0.6 is 0 Å². The first-order chi connectivity index (χ1) is 11.7. The van der Waals surface area contributed by atoms with Gasteiger partial charge in [0.1, 0.15) is 6.61 Å². The van der Waals surface area contributed by atoms with Crippen molar-refractivity contribution in [1.29, 1.82) is 0 Å². The van der Waals surface area contributed by atoms with Crippen LogP contribution in [-0.2, 0) is 10.8 Å². The standard InChI is InChI=1S/C19H25NO3S/c1-2-3-13-23-20-18-11-10-17(14-15(18)9-12-19(20)21)24(22)16-7-5-4-6-8-16/h9-12,14,16H,2-8,13H2,1H3. The van der Waals surface area contributed by atoms with Gasteiger partial charge in [0.25, 0.3) is 5.56 Å². The number of aromatic nitrogens is 1. The SMILES string of the molecule is CCCCOn1c(=O)ccc2cc(S(=O)C3CCCCC3)ccc21. The molecule has 0 spiro atoms. The van der Waals surface area contributed by atoms with E-state index < -0.39 is 10.8 Å². The van der Waals surface area contributed by atoms with E-state index in [9.17, 15) is 9.00 Å². The summed E-state index contributed by atoms with van der Waals surface area (Å²) in [5.41, 5.74) is 0.572. The minimum Gasteiger partial charge on any atom is -0.410 e. The van der Waals surface area contributed by atoms with E-state index in [2.05, 4.69) is 6.92 Å². The highest BCUT2D eigenvalue weighted by atomic mass is 32.2. The molecule has 0 bridgehead atoms. The van der Waals surface area contributed by atoms with Crippen LogP contribution in [0.5, 0.6) is 0 Å². The molecule has 1 heterocycles. The van der Waals surface area contributed by atoms with Crippen molar-refractivity contribution in [3.63, 3.8) is 0 Å². The molecule has 0 N–H and O–H groups in total. The smallest absolute Gasteiger partial charge is 0.283 e. The number of rotatable bonds is 6. The van der Waals surface area contributed by atoms with Crippen molar-refractivity contribution in [2.24, 2.45) is 0 Å². The number of benzene rings is 1. The largest absolute Gasteiger partial charge is 0.410 e. The summed E-state index contributed by atoms with van der Waals surface area (Å²) in [6.07, 6.45) is 7.63. The van der Waals surface area contributed by atoms with Crippen LogP contribution < -0.4 is 10.4 Å². The molecule has 2 aromatic rings. The van der Waals surface area contributed by atoms with Crippen LogP contribution in [0.15, 0.2) is 40.0 Å². The molecule has 5 heteroatoms. The van der Waals surface area contributed by atoms with Gasteiger partial charge in [0.2, 0.25) is 0 Å². The molecular weight excluding hydrogens is 322 g/mol. The maximum absolute atomic E-state index is 12.8. The summed E-state index contributed by atoms with van der Waals surface area (Å²) < 4.78 is 14.2. The summed E-state index contributed by atoms with van der Waals surface area (Å²) in [6, 6.07) is 8.99. The van der Waals surface area contributed by atoms with E-state index in [1.165, 1.54) is 30.1 Å². The number of nitrogens with zero attached hydrogens (tertiary/aromatic N) is 1. The molecule has 24 heavy (non-hydrogen) atoms.